The molecule has 0 radical (unpaired) electrons. The Morgan fingerprint density at radius 2 is 1.62 bits per heavy atom. The maximum absolute atomic E-state index is 14.2. The van der Waals surface area contributed by atoms with Gasteiger partial charge in [0, 0.05) is 6.54 Å². The molecule has 1 saturated heterocycles. The molecular formula is C36H54N6O8. The Hall–Kier alpha value is -4.49. The fraction of sp³-hybridized carbons (Fsp3) is 0.639. The van der Waals surface area contributed by atoms with Gasteiger partial charge in [0.15, 0.2) is 0 Å². The second-order valence-corrected chi connectivity index (χ2v) is 14.6. The van der Waals surface area contributed by atoms with Gasteiger partial charge >= 0.3 is 6.09 Å². The fourth-order valence-electron chi connectivity index (χ4n) is 6.58. The standard InChI is InChI=1S/C36H54N6O8/c1-6-13-25(30(44)33(47)38-19-27(43)40-28(31(37)45)23-14-9-7-10-15-23)39-32(46)26-18-36(4,5)21-42(26)34(48)29(24-16-11-8-12-17-24)41-35(49)50-20-22(2)3/h7,9-10,14-15,22,24-26,28-29H,6,8,11-13,16-21H2,1-5H3,(H2,37,45)(H,38,47)(H,39,46)(H,40,43)(H,41,49)/t25?,26?,28-,29?/m0/s1. The van der Waals surface area contributed by atoms with Gasteiger partial charge in [-0.3, -0.25) is 28.8 Å². The summed E-state index contributed by atoms with van der Waals surface area (Å²) in [4.78, 5) is 93.0. The van der Waals surface area contributed by atoms with Crippen LogP contribution >= 0.6 is 0 Å². The maximum Gasteiger partial charge on any atom is 0.407 e. The van der Waals surface area contributed by atoms with Crippen molar-refractivity contribution in [2.75, 3.05) is 19.7 Å². The minimum Gasteiger partial charge on any atom is -0.449 e. The van der Waals surface area contributed by atoms with Crippen LogP contribution in [0.1, 0.15) is 97.6 Å². The molecule has 0 aromatic heterocycles. The average Bonchev–Trinajstić information content (AvgIpc) is 3.42. The molecule has 14 heteroatoms. The number of ether oxygens (including phenoxy) is 1. The van der Waals surface area contributed by atoms with Gasteiger partial charge < -0.3 is 36.6 Å². The molecule has 14 nitrogen and oxygen atoms in total. The monoisotopic (exact) mass is 698 g/mol. The molecule has 2 aliphatic rings. The molecule has 0 bridgehead atoms. The fourth-order valence-corrected chi connectivity index (χ4v) is 6.58. The predicted octanol–water partition coefficient (Wildman–Crippen LogP) is 2.26. The van der Waals surface area contributed by atoms with Crippen molar-refractivity contribution in [3.63, 3.8) is 0 Å². The van der Waals surface area contributed by atoms with E-state index < -0.39 is 71.6 Å². The van der Waals surface area contributed by atoms with Gasteiger partial charge in [-0.15, -0.1) is 0 Å². The highest BCUT2D eigenvalue weighted by atomic mass is 16.5. The van der Waals surface area contributed by atoms with E-state index in [-0.39, 0.29) is 37.3 Å². The molecule has 1 aromatic carbocycles. The number of benzene rings is 1. The molecule has 6 N–H and O–H groups in total. The molecule has 3 rings (SSSR count). The Labute approximate surface area is 294 Å². The number of rotatable bonds is 16. The molecular weight excluding hydrogens is 644 g/mol. The normalized spacial score (nSPS) is 19.1. The average molecular weight is 699 g/mol. The second-order valence-electron chi connectivity index (χ2n) is 14.6. The van der Waals surface area contributed by atoms with Crippen LogP contribution in [-0.2, 0) is 33.5 Å². The Morgan fingerprint density at radius 1 is 0.960 bits per heavy atom. The number of hydrogen-bond donors (Lipinski definition) is 5. The number of primary amides is 1. The number of alkyl carbamates (subject to hydrolysis) is 1. The Balaban J connectivity index is 1.70. The van der Waals surface area contributed by atoms with Gasteiger partial charge in [-0.25, -0.2) is 4.79 Å². The van der Waals surface area contributed by atoms with Crippen molar-refractivity contribution in [1.82, 2.24) is 26.2 Å². The van der Waals surface area contributed by atoms with Crippen LogP contribution in [0.3, 0.4) is 0 Å². The number of amides is 6. The van der Waals surface area contributed by atoms with Gasteiger partial charge in [-0.1, -0.05) is 90.6 Å². The lowest BCUT2D eigenvalue weighted by molar-refractivity contribution is -0.143. The predicted molar refractivity (Wildman–Crippen MR) is 185 cm³/mol. The van der Waals surface area contributed by atoms with Crippen LogP contribution < -0.4 is 27.0 Å². The van der Waals surface area contributed by atoms with Crippen LogP contribution in [0.5, 0.6) is 0 Å². The van der Waals surface area contributed by atoms with Gasteiger partial charge in [-0.2, -0.15) is 0 Å². The van der Waals surface area contributed by atoms with Crippen molar-refractivity contribution >= 4 is 41.4 Å². The Morgan fingerprint density at radius 3 is 2.22 bits per heavy atom. The van der Waals surface area contributed by atoms with Gasteiger partial charge in [0.1, 0.15) is 18.1 Å². The summed E-state index contributed by atoms with van der Waals surface area (Å²) in [6.45, 7) is 9.34. The lowest BCUT2D eigenvalue weighted by Crippen LogP contribution is -2.58. The summed E-state index contributed by atoms with van der Waals surface area (Å²) in [5, 5.41) is 10.2. The van der Waals surface area contributed by atoms with E-state index in [1.54, 1.807) is 37.3 Å². The topological polar surface area (TPSA) is 206 Å². The van der Waals surface area contributed by atoms with Crippen LogP contribution in [0.2, 0.25) is 0 Å². The smallest absolute Gasteiger partial charge is 0.407 e. The maximum atomic E-state index is 14.2. The van der Waals surface area contributed by atoms with Crippen molar-refractivity contribution < 1.29 is 38.3 Å². The molecule has 6 amide bonds. The summed E-state index contributed by atoms with van der Waals surface area (Å²) in [5.74, 6) is -4.55. The summed E-state index contributed by atoms with van der Waals surface area (Å²) in [6, 6.07) is 4.16. The van der Waals surface area contributed by atoms with Crippen LogP contribution in [0.4, 0.5) is 4.79 Å². The van der Waals surface area contributed by atoms with Crippen molar-refractivity contribution in [3.05, 3.63) is 35.9 Å². The SMILES string of the molecule is CCCC(NC(=O)C1CC(C)(C)CN1C(=O)C(NC(=O)OCC(C)C)C1CCCCC1)C(=O)C(=O)NCC(=O)N[C@H](C(N)=O)c1ccccc1. The third kappa shape index (κ3) is 11.5. The van der Waals surface area contributed by atoms with Gasteiger partial charge in [0.25, 0.3) is 5.91 Å². The van der Waals surface area contributed by atoms with E-state index in [1.165, 1.54) is 4.90 Å². The van der Waals surface area contributed by atoms with Gasteiger partial charge in [-0.05, 0) is 48.5 Å². The van der Waals surface area contributed by atoms with E-state index in [9.17, 15) is 33.6 Å². The van der Waals surface area contributed by atoms with E-state index in [2.05, 4.69) is 21.3 Å². The molecule has 1 aromatic rings. The van der Waals surface area contributed by atoms with Crippen LogP contribution in [0.15, 0.2) is 30.3 Å². The van der Waals surface area contributed by atoms with E-state index in [0.29, 0.717) is 18.4 Å². The first-order valence-electron chi connectivity index (χ1n) is 17.6. The zero-order valence-electron chi connectivity index (χ0n) is 29.9. The summed E-state index contributed by atoms with van der Waals surface area (Å²) >= 11 is 0. The molecule has 0 spiro atoms. The first-order valence-corrected chi connectivity index (χ1v) is 17.6. The second kappa shape index (κ2) is 18.5. The zero-order chi connectivity index (χ0) is 37.0. The number of nitrogens with one attached hydrogen (secondary N) is 4. The van der Waals surface area contributed by atoms with Crippen LogP contribution in [0.25, 0.3) is 0 Å². The zero-order valence-corrected chi connectivity index (χ0v) is 29.9. The largest absolute Gasteiger partial charge is 0.449 e. The molecule has 1 aliphatic carbocycles. The third-order valence-electron chi connectivity index (χ3n) is 9.08. The van der Waals surface area contributed by atoms with Crippen LogP contribution in [0, 0.1) is 17.3 Å². The molecule has 2 fully saturated rings. The lowest BCUT2D eigenvalue weighted by Gasteiger charge is -2.35. The minimum absolute atomic E-state index is 0.114. The quantitative estimate of drug-likeness (QED) is 0.162. The first kappa shape index (κ1) is 39.9. The number of hydrogen-bond acceptors (Lipinski definition) is 8. The van der Waals surface area contributed by atoms with Crippen molar-refractivity contribution in [2.45, 2.75) is 110 Å². The number of nitrogens with zero attached hydrogens (tertiary/aromatic N) is 1. The van der Waals surface area contributed by atoms with Crippen molar-refractivity contribution in [2.24, 2.45) is 23.0 Å². The number of likely N-dealkylation sites (tertiary alicyclic amines) is 1. The number of carbonyl (C=O) groups excluding carboxylic acids is 7. The van der Waals surface area contributed by atoms with E-state index in [0.717, 1.165) is 32.1 Å². The Bertz CT molecular complexity index is 1380. The lowest BCUT2D eigenvalue weighted by atomic mass is 9.83. The minimum atomic E-state index is -1.21. The van der Waals surface area contributed by atoms with Crippen molar-refractivity contribution in [1.29, 1.82) is 0 Å². The molecule has 1 saturated carbocycles. The summed E-state index contributed by atoms with van der Waals surface area (Å²) in [7, 11) is 0. The highest BCUT2D eigenvalue weighted by Crippen LogP contribution is 2.36. The van der Waals surface area contributed by atoms with Crippen LogP contribution in [-0.4, -0.2) is 84.1 Å². The molecule has 3 unspecified atom stereocenters. The number of Topliss-reactive ketones (excluding diaryl/α,β-unsaturated/α-hetero) is 1. The molecule has 1 aliphatic heterocycles. The number of nitrogens with two attached hydrogens (primary N) is 1. The summed E-state index contributed by atoms with van der Waals surface area (Å²) in [5.41, 5.74) is 5.47. The van der Waals surface area contributed by atoms with E-state index >= 15 is 0 Å². The van der Waals surface area contributed by atoms with Gasteiger partial charge in [0.05, 0.1) is 19.2 Å². The van der Waals surface area contributed by atoms with E-state index in [1.807, 2.05) is 27.7 Å². The molecule has 1 heterocycles. The highest BCUT2D eigenvalue weighted by Gasteiger charge is 2.47. The highest BCUT2D eigenvalue weighted by molar-refractivity contribution is 6.38. The van der Waals surface area contributed by atoms with E-state index in [4.69, 9.17) is 10.5 Å². The number of ketones is 1. The third-order valence-corrected chi connectivity index (χ3v) is 9.08. The summed E-state index contributed by atoms with van der Waals surface area (Å²) < 4.78 is 5.34. The van der Waals surface area contributed by atoms with Gasteiger partial charge in [0.2, 0.25) is 29.4 Å². The van der Waals surface area contributed by atoms with Crippen molar-refractivity contribution in [3.8, 4) is 0 Å². The first-order chi connectivity index (χ1) is 23.6. The molecule has 4 atom stereocenters. The molecule has 276 valence electrons. The molecule has 50 heavy (non-hydrogen) atoms. The number of carbonyl (C=O) groups is 7. The summed E-state index contributed by atoms with van der Waals surface area (Å²) in [6.07, 6.45) is 4.62. The Kier molecular flexibility index (Phi) is 14.8.